The summed E-state index contributed by atoms with van der Waals surface area (Å²) in [6, 6.07) is 9.41. The highest BCUT2D eigenvalue weighted by molar-refractivity contribution is 7.11. The Bertz CT molecular complexity index is 804. The van der Waals surface area contributed by atoms with Crippen molar-refractivity contribution in [2.75, 3.05) is 32.7 Å². The van der Waals surface area contributed by atoms with Crippen molar-refractivity contribution >= 4 is 23.0 Å². The van der Waals surface area contributed by atoms with E-state index in [1.807, 2.05) is 30.3 Å². The van der Waals surface area contributed by atoms with E-state index in [9.17, 15) is 22.8 Å². The van der Waals surface area contributed by atoms with Gasteiger partial charge in [0.1, 0.15) is 6.20 Å². The molecule has 1 saturated heterocycles. The molecule has 0 N–H and O–H groups in total. The van der Waals surface area contributed by atoms with Gasteiger partial charge in [-0.2, -0.15) is 13.2 Å². The summed E-state index contributed by atoms with van der Waals surface area (Å²) in [6.45, 7) is -0.170. The van der Waals surface area contributed by atoms with E-state index in [-0.39, 0.29) is 44.3 Å². The Hall–Kier alpha value is -2.26. The van der Waals surface area contributed by atoms with Crippen molar-refractivity contribution in [3.05, 3.63) is 52.5 Å². The first-order chi connectivity index (χ1) is 13.8. The van der Waals surface area contributed by atoms with Gasteiger partial charge in [-0.05, 0) is 12.0 Å². The average molecular weight is 424 g/mol. The number of halogens is 3. The number of thiazole rings is 1. The van der Waals surface area contributed by atoms with Gasteiger partial charge in [-0.1, -0.05) is 30.3 Å². The van der Waals surface area contributed by atoms with Crippen LogP contribution in [0.3, 0.4) is 0 Å². The molecule has 1 aliphatic heterocycles. The summed E-state index contributed by atoms with van der Waals surface area (Å²) in [7, 11) is 0. The molecule has 0 unspecified atom stereocenters. The molecule has 9 heteroatoms. The van der Waals surface area contributed by atoms with Crippen molar-refractivity contribution in [2.24, 2.45) is 5.92 Å². The molecule has 1 radical (unpaired) electrons. The molecule has 29 heavy (non-hydrogen) atoms. The standard InChI is InChI=1S/C20H21F3N3O2S/c21-20(22,23)14-25-7-9-26(10-8-25)17(27)13-16(12-15-4-2-1-3-5-15)18(28)19-24-6-11-29-19/h1-5,11,16H,7-10,12-14H2/t16-/m1/s1. The fourth-order valence-electron chi connectivity index (χ4n) is 3.39. The van der Waals surface area contributed by atoms with Gasteiger partial charge in [0.05, 0.1) is 6.54 Å². The van der Waals surface area contributed by atoms with E-state index in [0.717, 1.165) is 5.56 Å². The minimum Gasteiger partial charge on any atom is -0.340 e. The fourth-order valence-corrected chi connectivity index (χ4v) is 3.99. The summed E-state index contributed by atoms with van der Waals surface area (Å²) >= 11 is 1.18. The predicted molar refractivity (Wildman–Crippen MR) is 103 cm³/mol. The predicted octanol–water partition coefficient (Wildman–Crippen LogP) is 3.08. The second-order valence-corrected chi connectivity index (χ2v) is 7.87. The second kappa shape index (κ2) is 9.49. The molecule has 1 amide bonds. The molecule has 0 spiro atoms. The van der Waals surface area contributed by atoms with E-state index < -0.39 is 18.6 Å². The molecular formula is C20H21F3N3O2S. The molecule has 1 aliphatic rings. The van der Waals surface area contributed by atoms with E-state index in [0.29, 0.717) is 11.4 Å². The van der Waals surface area contributed by atoms with Crippen LogP contribution >= 0.6 is 11.3 Å². The maximum absolute atomic E-state index is 12.9. The molecule has 0 bridgehead atoms. The number of benzene rings is 1. The first-order valence-corrected chi connectivity index (χ1v) is 10.2. The summed E-state index contributed by atoms with van der Waals surface area (Å²) < 4.78 is 37.6. The van der Waals surface area contributed by atoms with Crippen LogP contribution in [-0.2, 0) is 11.2 Å². The van der Waals surface area contributed by atoms with Crippen LogP contribution in [-0.4, -0.2) is 65.4 Å². The number of piperazine rings is 1. The highest BCUT2D eigenvalue weighted by Crippen LogP contribution is 2.22. The number of nitrogens with zero attached hydrogens (tertiary/aromatic N) is 3. The van der Waals surface area contributed by atoms with Crippen LogP contribution < -0.4 is 0 Å². The van der Waals surface area contributed by atoms with Crippen LogP contribution in [0.1, 0.15) is 21.8 Å². The van der Waals surface area contributed by atoms with Crippen LogP contribution in [0, 0.1) is 12.1 Å². The number of carbonyl (C=O) groups excluding carboxylic acids is 2. The van der Waals surface area contributed by atoms with Gasteiger partial charge in [0.15, 0.2) is 10.8 Å². The van der Waals surface area contributed by atoms with Crippen LogP contribution in [0.2, 0.25) is 0 Å². The molecule has 1 aromatic carbocycles. The molecule has 1 aromatic heterocycles. The van der Waals surface area contributed by atoms with E-state index >= 15 is 0 Å². The monoisotopic (exact) mass is 424 g/mol. The number of hydrogen-bond donors (Lipinski definition) is 0. The summed E-state index contributed by atoms with van der Waals surface area (Å²) in [4.78, 5) is 32.4. The number of Topliss-reactive ketones (excluding diaryl/α,β-unsaturated/α-hetero) is 1. The topological polar surface area (TPSA) is 53.5 Å². The fraction of sp³-hybridized carbons (Fsp3) is 0.450. The van der Waals surface area contributed by atoms with Crippen LogP contribution in [0.5, 0.6) is 0 Å². The molecule has 0 aliphatic carbocycles. The number of carbonyl (C=O) groups is 2. The van der Waals surface area contributed by atoms with Gasteiger partial charge in [-0.15, -0.1) is 11.3 Å². The number of ketones is 1. The van der Waals surface area contributed by atoms with E-state index in [2.05, 4.69) is 11.2 Å². The Morgan fingerprint density at radius 1 is 1.14 bits per heavy atom. The van der Waals surface area contributed by atoms with Crippen molar-refractivity contribution < 1.29 is 22.8 Å². The Morgan fingerprint density at radius 3 is 2.41 bits per heavy atom. The maximum atomic E-state index is 12.9. The lowest BCUT2D eigenvalue weighted by Crippen LogP contribution is -2.51. The first kappa shape index (κ1) is 21.4. The highest BCUT2D eigenvalue weighted by atomic mass is 32.1. The van der Waals surface area contributed by atoms with Crippen LogP contribution in [0.25, 0.3) is 0 Å². The van der Waals surface area contributed by atoms with Gasteiger partial charge in [-0.25, -0.2) is 4.98 Å². The van der Waals surface area contributed by atoms with Crippen molar-refractivity contribution in [2.45, 2.75) is 19.0 Å². The zero-order chi connectivity index (χ0) is 20.9. The molecule has 2 aromatic rings. The molecule has 1 atom stereocenters. The second-order valence-electron chi connectivity index (χ2n) is 7.01. The Labute approximate surface area is 171 Å². The molecule has 5 nitrogen and oxygen atoms in total. The van der Waals surface area contributed by atoms with Crippen molar-refractivity contribution in [1.82, 2.24) is 14.8 Å². The molecule has 0 saturated carbocycles. The van der Waals surface area contributed by atoms with Gasteiger partial charge in [0, 0.05) is 43.9 Å². The van der Waals surface area contributed by atoms with Gasteiger partial charge >= 0.3 is 6.18 Å². The average Bonchev–Trinajstić information content (AvgIpc) is 3.22. The Morgan fingerprint density at radius 2 is 1.83 bits per heavy atom. The molecular weight excluding hydrogens is 403 g/mol. The highest BCUT2D eigenvalue weighted by Gasteiger charge is 2.34. The minimum absolute atomic E-state index is 0.00653. The van der Waals surface area contributed by atoms with E-state index in [1.54, 1.807) is 10.3 Å². The maximum Gasteiger partial charge on any atom is 0.401 e. The number of rotatable bonds is 7. The number of aromatic nitrogens is 1. The largest absolute Gasteiger partial charge is 0.401 e. The third-order valence-electron chi connectivity index (χ3n) is 4.84. The Balaban J connectivity index is 1.63. The third kappa shape index (κ3) is 6.37. The van der Waals surface area contributed by atoms with Crippen molar-refractivity contribution in [3.63, 3.8) is 0 Å². The van der Waals surface area contributed by atoms with E-state index in [4.69, 9.17) is 0 Å². The number of amides is 1. The summed E-state index contributed by atoms with van der Waals surface area (Å²) in [5, 5.41) is 1.91. The van der Waals surface area contributed by atoms with Crippen LogP contribution in [0.4, 0.5) is 13.2 Å². The third-order valence-corrected chi connectivity index (χ3v) is 5.58. The first-order valence-electron chi connectivity index (χ1n) is 9.28. The quantitative estimate of drug-likeness (QED) is 0.641. The molecule has 155 valence electrons. The lowest BCUT2D eigenvalue weighted by atomic mass is 9.91. The zero-order valence-corrected chi connectivity index (χ0v) is 16.5. The summed E-state index contributed by atoms with van der Waals surface area (Å²) in [5.74, 6) is -0.992. The lowest BCUT2D eigenvalue weighted by Gasteiger charge is -2.35. The minimum atomic E-state index is -4.25. The van der Waals surface area contributed by atoms with Gasteiger partial charge in [0.25, 0.3) is 0 Å². The SMILES string of the molecule is O=C(c1n[c]cs1)[C@@H](CC(=O)N1CCN(CC(F)(F)F)CC1)Cc1ccccc1. The lowest BCUT2D eigenvalue weighted by molar-refractivity contribution is -0.151. The molecule has 3 rings (SSSR count). The van der Waals surface area contributed by atoms with Crippen LogP contribution in [0.15, 0.2) is 35.7 Å². The van der Waals surface area contributed by atoms with Gasteiger partial charge in [0.2, 0.25) is 5.91 Å². The van der Waals surface area contributed by atoms with E-state index in [1.165, 1.54) is 16.2 Å². The summed E-state index contributed by atoms with van der Waals surface area (Å²) in [6.07, 6.45) is -1.21. The summed E-state index contributed by atoms with van der Waals surface area (Å²) in [5.41, 5.74) is 0.939. The molecule has 1 fully saturated rings. The Kier molecular flexibility index (Phi) is 7.02. The normalized spacial score (nSPS) is 16.6. The number of hydrogen-bond acceptors (Lipinski definition) is 5. The zero-order valence-electron chi connectivity index (χ0n) is 15.7. The smallest absolute Gasteiger partial charge is 0.340 e. The number of alkyl halides is 3. The van der Waals surface area contributed by atoms with Gasteiger partial charge in [-0.3, -0.25) is 14.5 Å². The van der Waals surface area contributed by atoms with Crippen molar-refractivity contribution in [3.8, 4) is 0 Å². The van der Waals surface area contributed by atoms with Crippen molar-refractivity contribution in [1.29, 1.82) is 0 Å². The van der Waals surface area contributed by atoms with Gasteiger partial charge < -0.3 is 4.90 Å². The molecule has 2 heterocycles.